The lowest BCUT2D eigenvalue weighted by Crippen LogP contribution is -2.14. The first-order valence-corrected chi connectivity index (χ1v) is 12.4. The lowest BCUT2D eigenvalue weighted by Gasteiger charge is -2.16. The Hall–Kier alpha value is -2.88. The van der Waals surface area contributed by atoms with E-state index in [2.05, 4.69) is 20.5 Å². The first-order chi connectivity index (χ1) is 15.9. The Bertz CT molecular complexity index is 1260. The molecule has 1 unspecified atom stereocenters. The minimum Gasteiger partial charge on any atom is -0.482 e. The minimum atomic E-state index is -0.322. The summed E-state index contributed by atoms with van der Waals surface area (Å²) in [6.45, 7) is 3.85. The van der Waals surface area contributed by atoms with Crippen LogP contribution < -0.4 is 10.1 Å². The molecule has 1 atom stereocenters. The van der Waals surface area contributed by atoms with E-state index in [0.717, 1.165) is 22.6 Å². The maximum atomic E-state index is 12.4. The van der Waals surface area contributed by atoms with Crippen LogP contribution in [0, 0.1) is 6.92 Å². The molecule has 4 aromatic rings. The Labute approximate surface area is 205 Å². The number of nitrogens with one attached hydrogen (secondary N) is 1. The van der Waals surface area contributed by atoms with E-state index in [1.54, 1.807) is 6.07 Å². The van der Waals surface area contributed by atoms with Gasteiger partial charge in [0.15, 0.2) is 22.2 Å². The van der Waals surface area contributed by atoms with Crippen LogP contribution in [0.15, 0.2) is 59.1 Å². The molecule has 0 saturated heterocycles. The Morgan fingerprint density at radius 1 is 1.24 bits per heavy atom. The highest BCUT2D eigenvalue weighted by atomic mass is 35.5. The molecule has 2 aromatic carbocycles. The van der Waals surface area contributed by atoms with E-state index in [0.29, 0.717) is 21.1 Å². The van der Waals surface area contributed by atoms with Gasteiger partial charge in [0.25, 0.3) is 0 Å². The lowest BCUT2D eigenvalue weighted by atomic mass is 10.2. The van der Waals surface area contributed by atoms with Gasteiger partial charge >= 0.3 is 0 Å². The van der Waals surface area contributed by atoms with Gasteiger partial charge in [-0.1, -0.05) is 53.7 Å². The molecule has 4 rings (SSSR count). The van der Waals surface area contributed by atoms with Crippen LogP contribution in [-0.2, 0) is 11.8 Å². The Balaban J connectivity index is 1.33. The van der Waals surface area contributed by atoms with Gasteiger partial charge in [-0.2, -0.15) is 0 Å². The van der Waals surface area contributed by atoms with Crippen LogP contribution in [0.3, 0.4) is 0 Å². The van der Waals surface area contributed by atoms with E-state index in [1.807, 2.05) is 73.3 Å². The third kappa shape index (κ3) is 5.73. The molecule has 2 aromatic heterocycles. The maximum absolute atomic E-state index is 12.4. The number of benzene rings is 2. The van der Waals surface area contributed by atoms with Crippen molar-refractivity contribution in [3.8, 4) is 17.0 Å². The quantitative estimate of drug-likeness (QED) is 0.310. The number of thiazole rings is 1. The van der Waals surface area contributed by atoms with Crippen LogP contribution in [-0.4, -0.2) is 31.4 Å². The molecule has 10 heteroatoms. The number of carbonyl (C=O) groups is 1. The largest absolute Gasteiger partial charge is 0.482 e. The fourth-order valence-electron chi connectivity index (χ4n) is 3.15. The van der Waals surface area contributed by atoms with Crippen molar-refractivity contribution in [1.29, 1.82) is 0 Å². The first kappa shape index (κ1) is 23.3. The summed E-state index contributed by atoms with van der Waals surface area (Å²) in [6.07, 6.45) is -0.322. The van der Waals surface area contributed by atoms with Gasteiger partial charge in [0, 0.05) is 23.0 Å². The van der Waals surface area contributed by atoms with Crippen molar-refractivity contribution in [3.05, 3.63) is 70.3 Å². The maximum Gasteiger partial charge on any atom is 0.236 e. The molecule has 33 heavy (non-hydrogen) atoms. The second-order valence-corrected chi connectivity index (χ2v) is 9.55. The molecule has 1 N–H and O–H groups in total. The van der Waals surface area contributed by atoms with Gasteiger partial charge in [-0.05, 0) is 37.6 Å². The summed E-state index contributed by atoms with van der Waals surface area (Å²) < 4.78 is 7.88. The van der Waals surface area contributed by atoms with Gasteiger partial charge in [0.2, 0.25) is 5.91 Å². The monoisotopic (exact) mass is 499 g/mol. The molecule has 0 fully saturated rings. The Kier molecular flexibility index (Phi) is 7.32. The van der Waals surface area contributed by atoms with Gasteiger partial charge in [0.1, 0.15) is 5.75 Å². The predicted octanol–water partition coefficient (Wildman–Crippen LogP) is 5.77. The molecular weight excluding hydrogens is 478 g/mol. The van der Waals surface area contributed by atoms with Crippen LogP contribution in [0.5, 0.6) is 5.75 Å². The second-order valence-electron chi connectivity index (χ2n) is 7.31. The van der Waals surface area contributed by atoms with Gasteiger partial charge in [-0.25, -0.2) is 4.98 Å². The zero-order valence-corrected chi connectivity index (χ0v) is 20.7. The summed E-state index contributed by atoms with van der Waals surface area (Å²) in [6, 6.07) is 15.3. The molecule has 0 saturated carbocycles. The number of hydrogen-bond donors (Lipinski definition) is 1. The van der Waals surface area contributed by atoms with E-state index >= 15 is 0 Å². The van der Waals surface area contributed by atoms with Crippen molar-refractivity contribution < 1.29 is 9.53 Å². The van der Waals surface area contributed by atoms with Crippen LogP contribution in [0.25, 0.3) is 11.3 Å². The number of ether oxygens (including phenoxy) is 1. The van der Waals surface area contributed by atoms with Crippen LogP contribution in [0.2, 0.25) is 5.02 Å². The Morgan fingerprint density at radius 3 is 2.79 bits per heavy atom. The van der Waals surface area contributed by atoms with Gasteiger partial charge in [-0.15, -0.1) is 21.5 Å². The third-order valence-electron chi connectivity index (χ3n) is 4.83. The number of aromatic nitrogens is 4. The number of halogens is 1. The Morgan fingerprint density at radius 2 is 2.03 bits per heavy atom. The average Bonchev–Trinajstić information content (AvgIpc) is 3.41. The number of hydrogen-bond acceptors (Lipinski definition) is 7. The first-order valence-electron chi connectivity index (χ1n) is 10.2. The van der Waals surface area contributed by atoms with E-state index in [9.17, 15) is 4.79 Å². The molecule has 0 aliphatic rings. The smallest absolute Gasteiger partial charge is 0.236 e. The van der Waals surface area contributed by atoms with E-state index < -0.39 is 0 Å². The highest BCUT2D eigenvalue weighted by Crippen LogP contribution is 2.28. The number of amides is 1. The molecule has 0 bridgehead atoms. The van der Waals surface area contributed by atoms with Crippen molar-refractivity contribution in [3.63, 3.8) is 0 Å². The standard InChI is InChI=1S/C23H22ClN5O2S2/c1-14-11-17(24)9-10-19(14)31-15(2)21-27-28-23(29(21)3)33-13-20(30)26-22-25-18(12-32-22)16-7-5-4-6-8-16/h4-12,15H,13H2,1-3H3,(H,25,26,30). The summed E-state index contributed by atoms with van der Waals surface area (Å²) in [5.74, 6) is 1.44. The van der Waals surface area contributed by atoms with Crippen molar-refractivity contribution >= 4 is 45.7 Å². The number of rotatable bonds is 8. The molecular formula is C23H22ClN5O2S2. The van der Waals surface area contributed by atoms with Crippen molar-refractivity contribution in [2.75, 3.05) is 11.1 Å². The summed E-state index contributed by atoms with van der Waals surface area (Å²) >= 11 is 8.73. The second kappa shape index (κ2) is 10.4. The number of aryl methyl sites for hydroxylation is 1. The van der Waals surface area contributed by atoms with Gasteiger partial charge < -0.3 is 14.6 Å². The predicted molar refractivity (Wildman–Crippen MR) is 133 cm³/mol. The molecule has 170 valence electrons. The van der Waals surface area contributed by atoms with Crippen LogP contribution in [0.4, 0.5) is 5.13 Å². The van der Waals surface area contributed by atoms with Crippen LogP contribution >= 0.6 is 34.7 Å². The normalized spacial score (nSPS) is 11.9. The van der Waals surface area contributed by atoms with Crippen molar-refractivity contribution in [1.82, 2.24) is 19.7 Å². The van der Waals surface area contributed by atoms with Crippen molar-refractivity contribution in [2.45, 2.75) is 25.1 Å². The van der Waals surface area contributed by atoms with E-state index in [4.69, 9.17) is 16.3 Å². The van der Waals surface area contributed by atoms with Gasteiger partial charge in [0.05, 0.1) is 11.4 Å². The molecule has 0 aliphatic carbocycles. The highest BCUT2D eigenvalue weighted by molar-refractivity contribution is 7.99. The molecule has 1 amide bonds. The highest BCUT2D eigenvalue weighted by Gasteiger charge is 2.19. The van der Waals surface area contributed by atoms with E-state index in [1.165, 1.54) is 23.1 Å². The number of nitrogens with zero attached hydrogens (tertiary/aromatic N) is 4. The molecule has 2 heterocycles. The third-order valence-corrected chi connectivity index (χ3v) is 6.84. The number of anilines is 1. The molecule has 0 spiro atoms. The zero-order chi connectivity index (χ0) is 23.4. The summed E-state index contributed by atoms with van der Waals surface area (Å²) in [5, 5.41) is 15.1. The SMILES string of the molecule is Cc1cc(Cl)ccc1OC(C)c1nnc(SCC(=O)Nc2nc(-c3ccccc3)cs2)n1C. The fourth-order valence-corrected chi connectivity index (χ4v) is 4.83. The summed E-state index contributed by atoms with van der Waals surface area (Å²) in [5.41, 5.74) is 2.80. The van der Waals surface area contributed by atoms with E-state index in [-0.39, 0.29) is 17.8 Å². The lowest BCUT2D eigenvalue weighted by molar-refractivity contribution is -0.113. The summed E-state index contributed by atoms with van der Waals surface area (Å²) in [7, 11) is 1.86. The molecule has 0 radical (unpaired) electrons. The molecule has 7 nitrogen and oxygen atoms in total. The van der Waals surface area contributed by atoms with Crippen LogP contribution in [0.1, 0.15) is 24.4 Å². The van der Waals surface area contributed by atoms with Crippen molar-refractivity contribution in [2.24, 2.45) is 7.05 Å². The fraction of sp³-hybridized carbons (Fsp3) is 0.217. The summed E-state index contributed by atoms with van der Waals surface area (Å²) in [4.78, 5) is 16.9. The number of carbonyl (C=O) groups excluding carboxylic acids is 1. The number of thioether (sulfide) groups is 1. The van der Waals surface area contributed by atoms with Gasteiger partial charge in [-0.3, -0.25) is 4.79 Å². The zero-order valence-electron chi connectivity index (χ0n) is 18.3. The molecule has 0 aliphatic heterocycles. The minimum absolute atomic E-state index is 0.153. The topological polar surface area (TPSA) is 81.9 Å². The average molecular weight is 500 g/mol.